The zero-order chi connectivity index (χ0) is 7.28. The van der Waals surface area contributed by atoms with E-state index in [1.54, 1.807) is 13.3 Å². The molecular weight excluding hydrogens is 248 g/mol. The Morgan fingerprint density at radius 3 is 2.44 bits per heavy atom. The van der Waals surface area contributed by atoms with E-state index in [0.29, 0.717) is 9.23 Å². The fourth-order valence-electron chi connectivity index (χ4n) is 0.251. The highest BCUT2D eigenvalue weighted by atomic mass is 79.9. The van der Waals surface area contributed by atoms with Crippen LogP contribution in [0, 0.1) is 0 Å². The van der Waals surface area contributed by atoms with Crippen LogP contribution in [-0.2, 0) is 0 Å². The molecule has 0 saturated carbocycles. The highest BCUT2D eigenvalue weighted by molar-refractivity contribution is 9.19. The van der Waals surface area contributed by atoms with Gasteiger partial charge in [-0.15, -0.1) is 0 Å². The van der Waals surface area contributed by atoms with Gasteiger partial charge in [-0.25, -0.2) is 4.99 Å². The van der Waals surface area contributed by atoms with E-state index in [1.807, 2.05) is 0 Å². The molecule has 0 spiro atoms. The Kier molecular flexibility index (Phi) is 4.90. The predicted molar refractivity (Wildman–Crippen MR) is 48.8 cm³/mol. The summed E-state index contributed by atoms with van der Waals surface area (Å²) in [5.74, 6) is 0. The molecule has 0 atom stereocenters. The summed E-state index contributed by atoms with van der Waals surface area (Å²) in [5.41, 5.74) is 0. The second-order valence-corrected chi connectivity index (χ2v) is 2.93. The van der Waals surface area contributed by atoms with E-state index < -0.39 is 0 Å². The normalized spacial score (nSPS) is 12.6. The Morgan fingerprint density at radius 2 is 2.11 bits per heavy atom. The summed E-state index contributed by atoms with van der Waals surface area (Å²) in [6, 6.07) is 0. The second kappa shape index (κ2) is 4.88. The van der Waals surface area contributed by atoms with Crippen molar-refractivity contribution < 1.29 is 0 Å². The van der Waals surface area contributed by atoms with E-state index in [-0.39, 0.29) is 0 Å². The van der Waals surface area contributed by atoms with Gasteiger partial charge < -0.3 is 0 Å². The third-order valence-electron chi connectivity index (χ3n) is 0.464. The summed E-state index contributed by atoms with van der Waals surface area (Å²) in [7, 11) is 1.67. The van der Waals surface area contributed by atoms with Crippen LogP contribution < -0.4 is 0 Å². The number of halogens is 2. The molecule has 0 radical (unpaired) electrons. The molecular formula is C5H6Br2N2. The Balaban J connectivity index is 4.00. The zero-order valence-corrected chi connectivity index (χ0v) is 8.11. The lowest BCUT2D eigenvalue weighted by molar-refractivity contribution is 1.48. The predicted octanol–water partition coefficient (Wildman–Crippen LogP) is 2.35. The molecule has 0 aliphatic rings. The molecule has 0 heterocycles. The van der Waals surface area contributed by atoms with Gasteiger partial charge in [-0.1, -0.05) is 6.58 Å². The average molecular weight is 254 g/mol. The molecule has 50 valence electrons. The van der Waals surface area contributed by atoms with Gasteiger partial charge in [-0.05, 0) is 31.9 Å². The molecule has 0 aliphatic heterocycles. The third-order valence-corrected chi connectivity index (χ3v) is 1.02. The second-order valence-electron chi connectivity index (χ2n) is 1.20. The topological polar surface area (TPSA) is 24.7 Å². The van der Waals surface area contributed by atoms with Gasteiger partial charge in [-0.3, -0.25) is 4.99 Å². The molecule has 0 saturated heterocycles. The molecule has 4 heteroatoms. The van der Waals surface area contributed by atoms with Gasteiger partial charge in [0.2, 0.25) is 0 Å². The molecule has 0 bridgehead atoms. The fraction of sp³-hybridized carbons (Fsp3) is 0.200. The van der Waals surface area contributed by atoms with Crippen LogP contribution in [0.1, 0.15) is 0 Å². The SMILES string of the molecule is C=C(Br)/N=C(Br)\C=N/C. The lowest BCUT2D eigenvalue weighted by Crippen LogP contribution is -1.85. The summed E-state index contributed by atoms with van der Waals surface area (Å²) in [6.07, 6.45) is 1.59. The lowest BCUT2D eigenvalue weighted by atomic mass is 10.8. The summed E-state index contributed by atoms with van der Waals surface area (Å²) >= 11 is 6.22. The van der Waals surface area contributed by atoms with Crippen molar-refractivity contribution in [1.82, 2.24) is 0 Å². The summed E-state index contributed by atoms with van der Waals surface area (Å²) in [5, 5.41) is 0. The van der Waals surface area contributed by atoms with Crippen LogP contribution in [0.15, 0.2) is 21.2 Å². The van der Waals surface area contributed by atoms with E-state index in [1.165, 1.54) is 0 Å². The van der Waals surface area contributed by atoms with E-state index in [0.717, 1.165) is 0 Å². The molecule has 0 rings (SSSR count). The minimum atomic E-state index is 0.578. The van der Waals surface area contributed by atoms with Crippen molar-refractivity contribution in [2.24, 2.45) is 9.98 Å². The maximum atomic E-state index is 3.87. The number of nitrogens with zero attached hydrogens (tertiary/aromatic N) is 2. The van der Waals surface area contributed by atoms with Crippen molar-refractivity contribution in [1.29, 1.82) is 0 Å². The van der Waals surface area contributed by atoms with Crippen LogP contribution in [0.4, 0.5) is 0 Å². The molecule has 0 aromatic carbocycles. The third kappa shape index (κ3) is 5.92. The first-order valence-corrected chi connectivity index (χ1v) is 3.76. The molecule has 0 aromatic rings. The van der Waals surface area contributed by atoms with Gasteiger partial charge in [0, 0.05) is 7.05 Å². The fourth-order valence-corrected chi connectivity index (χ4v) is 1.10. The number of hydrogen-bond acceptors (Lipinski definition) is 2. The Morgan fingerprint density at radius 1 is 1.56 bits per heavy atom. The average Bonchev–Trinajstić information content (AvgIpc) is 1.63. The Labute approximate surface area is 71.0 Å². The first-order valence-electron chi connectivity index (χ1n) is 2.17. The van der Waals surface area contributed by atoms with Crippen LogP contribution in [0.25, 0.3) is 0 Å². The monoisotopic (exact) mass is 252 g/mol. The van der Waals surface area contributed by atoms with E-state index in [4.69, 9.17) is 0 Å². The van der Waals surface area contributed by atoms with Crippen LogP contribution in [0.3, 0.4) is 0 Å². The number of aliphatic imine (C=N–C) groups is 2. The minimum absolute atomic E-state index is 0.578. The van der Waals surface area contributed by atoms with Gasteiger partial charge in [0.05, 0.1) is 10.8 Å². The van der Waals surface area contributed by atoms with Gasteiger partial charge in [0.25, 0.3) is 0 Å². The highest BCUT2D eigenvalue weighted by Gasteiger charge is 1.84. The van der Waals surface area contributed by atoms with Gasteiger partial charge in [-0.2, -0.15) is 0 Å². The van der Waals surface area contributed by atoms with Crippen LogP contribution in [-0.4, -0.2) is 17.9 Å². The molecule has 0 N–H and O–H groups in total. The van der Waals surface area contributed by atoms with Gasteiger partial charge >= 0.3 is 0 Å². The molecule has 0 aliphatic carbocycles. The molecule has 0 fully saturated rings. The van der Waals surface area contributed by atoms with E-state index >= 15 is 0 Å². The molecule has 0 aromatic heterocycles. The summed E-state index contributed by atoms with van der Waals surface area (Å²) in [6.45, 7) is 3.51. The number of rotatable bonds is 2. The van der Waals surface area contributed by atoms with Crippen molar-refractivity contribution in [2.45, 2.75) is 0 Å². The lowest BCUT2D eigenvalue weighted by Gasteiger charge is -1.84. The number of hydrogen-bond donors (Lipinski definition) is 0. The minimum Gasteiger partial charge on any atom is -0.294 e. The maximum absolute atomic E-state index is 3.87. The maximum Gasteiger partial charge on any atom is 0.125 e. The van der Waals surface area contributed by atoms with Crippen molar-refractivity contribution in [3.8, 4) is 0 Å². The van der Waals surface area contributed by atoms with E-state index in [2.05, 4.69) is 48.4 Å². The quantitative estimate of drug-likeness (QED) is 0.533. The largest absolute Gasteiger partial charge is 0.294 e. The molecule has 9 heavy (non-hydrogen) atoms. The standard InChI is InChI=1S/C5H6Br2N2/c1-4(6)9-5(7)3-8-2/h3H,1H2,2H3/b8-3-,9-5+. The van der Waals surface area contributed by atoms with Crippen LogP contribution >= 0.6 is 31.9 Å². The molecule has 0 unspecified atom stereocenters. The highest BCUT2D eigenvalue weighted by Crippen LogP contribution is 2.03. The smallest absolute Gasteiger partial charge is 0.125 e. The van der Waals surface area contributed by atoms with Crippen molar-refractivity contribution in [3.63, 3.8) is 0 Å². The van der Waals surface area contributed by atoms with Crippen molar-refractivity contribution in [3.05, 3.63) is 11.2 Å². The zero-order valence-electron chi connectivity index (χ0n) is 4.93. The van der Waals surface area contributed by atoms with Crippen LogP contribution in [0.5, 0.6) is 0 Å². The summed E-state index contributed by atoms with van der Waals surface area (Å²) in [4.78, 5) is 7.60. The van der Waals surface area contributed by atoms with E-state index in [9.17, 15) is 0 Å². The summed E-state index contributed by atoms with van der Waals surface area (Å²) < 4.78 is 1.24. The Bertz CT molecular complexity index is 160. The Hall–Kier alpha value is 0.0400. The molecule has 0 amide bonds. The van der Waals surface area contributed by atoms with Gasteiger partial charge in [0.1, 0.15) is 4.62 Å². The van der Waals surface area contributed by atoms with Crippen molar-refractivity contribution >= 4 is 42.7 Å². The van der Waals surface area contributed by atoms with Crippen LogP contribution in [0.2, 0.25) is 0 Å². The first kappa shape index (κ1) is 9.04. The van der Waals surface area contributed by atoms with Gasteiger partial charge in [0.15, 0.2) is 0 Å². The first-order chi connectivity index (χ1) is 4.16. The van der Waals surface area contributed by atoms with Crippen molar-refractivity contribution in [2.75, 3.05) is 7.05 Å². The molecule has 2 nitrogen and oxygen atoms in total.